The monoisotopic (exact) mass is 409 g/mol. The number of aromatic nitrogens is 1. The summed E-state index contributed by atoms with van der Waals surface area (Å²) in [7, 11) is 0. The van der Waals surface area contributed by atoms with Crippen molar-refractivity contribution in [1.82, 2.24) is 9.47 Å². The lowest BCUT2D eigenvalue weighted by Crippen LogP contribution is -2.36. The molecule has 1 N–H and O–H groups in total. The number of carbonyl (C=O) groups excluding carboxylic acids is 1. The van der Waals surface area contributed by atoms with Gasteiger partial charge in [0.2, 0.25) is 0 Å². The number of carbonyl (C=O) groups is 1. The Morgan fingerprint density at radius 3 is 2.69 bits per heavy atom. The van der Waals surface area contributed by atoms with E-state index in [4.69, 9.17) is 11.6 Å². The van der Waals surface area contributed by atoms with Gasteiger partial charge in [-0.2, -0.15) is 0 Å². The van der Waals surface area contributed by atoms with Crippen molar-refractivity contribution in [3.63, 3.8) is 0 Å². The molecule has 1 aromatic heterocycles. The van der Waals surface area contributed by atoms with E-state index in [1.165, 1.54) is 11.1 Å². The highest BCUT2D eigenvalue weighted by Gasteiger charge is 2.16. The molecule has 0 bridgehead atoms. The minimum absolute atomic E-state index is 0.107. The molecule has 0 atom stereocenters. The first-order chi connectivity index (χ1) is 14.1. The van der Waals surface area contributed by atoms with Crippen molar-refractivity contribution in [2.75, 3.05) is 11.9 Å². The number of hydrogen-bond acceptors (Lipinski definition) is 1. The first-order valence-electron chi connectivity index (χ1n) is 10.1. The van der Waals surface area contributed by atoms with Crippen LogP contribution in [-0.2, 0) is 13.1 Å². The van der Waals surface area contributed by atoms with Crippen LogP contribution in [-0.4, -0.2) is 22.0 Å². The summed E-state index contributed by atoms with van der Waals surface area (Å²) in [4.78, 5) is 14.8. The molecule has 3 aromatic rings. The van der Waals surface area contributed by atoms with E-state index in [1.54, 1.807) is 12.1 Å². The lowest BCUT2D eigenvalue weighted by atomic mass is 10.1. The highest BCUT2D eigenvalue weighted by atomic mass is 35.5. The molecule has 4 nitrogen and oxygen atoms in total. The van der Waals surface area contributed by atoms with Crippen LogP contribution in [0.2, 0.25) is 5.02 Å². The Kier molecular flexibility index (Phi) is 7.36. The van der Waals surface area contributed by atoms with Crippen LogP contribution in [0, 0.1) is 6.92 Å². The summed E-state index contributed by atoms with van der Waals surface area (Å²) in [6, 6.07) is 19.7. The van der Waals surface area contributed by atoms with Crippen molar-refractivity contribution in [2.24, 2.45) is 0 Å². The van der Waals surface area contributed by atoms with E-state index in [1.807, 2.05) is 23.1 Å². The maximum Gasteiger partial charge on any atom is 0.322 e. The van der Waals surface area contributed by atoms with Gasteiger partial charge in [0.15, 0.2) is 0 Å². The number of rotatable bonds is 8. The second kappa shape index (κ2) is 10.2. The van der Waals surface area contributed by atoms with Crippen molar-refractivity contribution in [3.05, 3.63) is 88.7 Å². The third-order valence-corrected chi connectivity index (χ3v) is 5.26. The van der Waals surface area contributed by atoms with Crippen LogP contribution in [0.3, 0.4) is 0 Å². The van der Waals surface area contributed by atoms with Gasteiger partial charge in [-0.15, -0.1) is 0 Å². The topological polar surface area (TPSA) is 37.3 Å². The Labute approximate surface area is 178 Å². The van der Waals surface area contributed by atoms with Crippen LogP contribution in [0.25, 0.3) is 0 Å². The molecule has 29 heavy (non-hydrogen) atoms. The Morgan fingerprint density at radius 2 is 1.93 bits per heavy atom. The van der Waals surface area contributed by atoms with Gasteiger partial charge in [0, 0.05) is 35.7 Å². The van der Waals surface area contributed by atoms with Crippen LogP contribution < -0.4 is 5.32 Å². The maximum absolute atomic E-state index is 12.9. The number of unbranched alkanes of at least 4 members (excludes halogenated alkanes) is 1. The molecule has 1 heterocycles. The zero-order valence-corrected chi connectivity index (χ0v) is 17.8. The van der Waals surface area contributed by atoms with Gasteiger partial charge in [0.1, 0.15) is 0 Å². The molecule has 152 valence electrons. The molecule has 0 unspecified atom stereocenters. The predicted molar refractivity (Wildman–Crippen MR) is 121 cm³/mol. The van der Waals surface area contributed by atoms with Gasteiger partial charge in [-0.05, 0) is 54.8 Å². The van der Waals surface area contributed by atoms with Crippen LogP contribution in [0.1, 0.15) is 36.6 Å². The summed E-state index contributed by atoms with van der Waals surface area (Å²) < 4.78 is 2.22. The minimum atomic E-state index is -0.107. The summed E-state index contributed by atoms with van der Waals surface area (Å²) in [6.45, 7) is 6.33. The molecule has 5 heteroatoms. The first kappa shape index (κ1) is 21.0. The molecule has 0 aliphatic rings. The van der Waals surface area contributed by atoms with Crippen LogP contribution >= 0.6 is 11.6 Å². The summed E-state index contributed by atoms with van der Waals surface area (Å²) in [5, 5.41) is 3.58. The number of urea groups is 1. The van der Waals surface area contributed by atoms with E-state index < -0.39 is 0 Å². The smallest absolute Gasteiger partial charge is 0.322 e. The highest BCUT2D eigenvalue weighted by molar-refractivity contribution is 6.30. The normalized spacial score (nSPS) is 10.7. The number of nitrogens with zero attached hydrogens (tertiary/aromatic N) is 2. The molecule has 0 saturated heterocycles. The van der Waals surface area contributed by atoms with Gasteiger partial charge >= 0.3 is 6.03 Å². The van der Waals surface area contributed by atoms with Crippen LogP contribution in [0.15, 0.2) is 66.9 Å². The molecular formula is C24H28ClN3O. The fourth-order valence-corrected chi connectivity index (χ4v) is 3.47. The maximum atomic E-state index is 12.9. The second-order valence-electron chi connectivity index (χ2n) is 7.27. The number of nitrogens with one attached hydrogen (secondary N) is 1. The molecular weight excluding hydrogens is 382 g/mol. The Morgan fingerprint density at radius 1 is 1.10 bits per heavy atom. The lowest BCUT2D eigenvalue weighted by molar-refractivity contribution is 0.207. The van der Waals surface area contributed by atoms with Gasteiger partial charge in [-0.25, -0.2) is 4.79 Å². The van der Waals surface area contributed by atoms with E-state index >= 15 is 0 Å². The summed E-state index contributed by atoms with van der Waals surface area (Å²) in [5.74, 6) is 0. The zero-order chi connectivity index (χ0) is 20.6. The van der Waals surface area contributed by atoms with Gasteiger partial charge in [0.25, 0.3) is 0 Å². The van der Waals surface area contributed by atoms with Crippen molar-refractivity contribution < 1.29 is 4.79 Å². The molecule has 3 rings (SSSR count). The van der Waals surface area contributed by atoms with Gasteiger partial charge < -0.3 is 14.8 Å². The van der Waals surface area contributed by atoms with E-state index in [0.717, 1.165) is 25.1 Å². The number of aryl methyl sites for hydroxylation is 1. The molecule has 0 aliphatic heterocycles. The van der Waals surface area contributed by atoms with Crippen molar-refractivity contribution in [2.45, 2.75) is 39.8 Å². The van der Waals surface area contributed by atoms with E-state index in [-0.39, 0.29) is 6.03 Å². The predicted octanol–water partition coefficient (Wildman–Crippen LogP) is 6.33. The number of halogens is 1. The fraction of sp³-hybridized carbons (Fsp3) is 0.292. The third kappa shape index (κ3) is 5.88. The first-order valence-corrected chi connectivity index (χ1v) is 10.4. The van der Waals surface area contributed by atoms with E-state index in [0.29, 0.717) is 23.8 Å². The number of amides is 2. The molecule has 0 radical (unpaired) electrons. The van der Waals surface area contributed by atoms with Gasteiger partial charge in [0.05, 0.1) is 6.54 Å². The third-order valence-electron chi connectivity index (χ3n) is 5.02. The molecule has 0 aliphatic carbocycles. The molecule has 2 aromatic carbocycles. The van der Waals surface area contributed by atoms with Crippen molar-refractivity contribution in [3.8, 4) is 0 Å². The standard InChI is InChI=1S/C24H28ClN3O/c1-3-4-14-28(24(29)26-22-12-7-11-21(25)16-22)18-23-13-8-15-27(23)17-20-10-6-5-9-19(20)2/h5-13,15-16H,3-4,14,17-18H2,1-2H3,(H,26,29). The highest BCUT2D eigenvalue weighted by Crippen LogP contribution is 2.17. The number of hydrogen-bond donors (Lipinski definition) is 1. The van der Waals surface area contributed by atoms with Crippen LogP contribution in [0.5, 0.6) is 0 Å². The lowest BCUT2D eigenvalue weighted by Gasteiger charge is -2.24. The zero-order valence-electron chi connectivity index (χ0n) is 17.1. The van der Waals surface area contributed by atoms with Crippen molar-refractivity contribution in [1.29, 1.82) is 0 Å². The largest absolute Gasteiger partial charge is 0.345 e. The fourth-order valence-electron chi connectivity index (χ4n) is 3.28. The van der Waals surface area contributed by atoms with Gasteiger partial charge in [-0.1, -0.05) is 55.3 Å². The number of anilines is 1. The summed E-state index contributed by atoms with van der Waals surface area (Å²) >= 11 is 6.05. The van der Waals surface area contributed by atoms with Gasteiger partial charge in [-0.3, -0.25) is 0 Å². The average molecular weight is 410 g/mol. The quantitative estimate of drug-likeness (QED) is 0.463. The van der Waals surface area contributed by atoms with E-state index in [9.17, 15) is 4.79 Å². The SMILES string of the molecule is CCCCN(Cc1cccn1Cc1ccccc1C)C(=O)Nc1cccc(Cl)c1. The number of benzene rings is 2. The molecule has 2 amide bonds. The molecule has 0 saturated carbocycles. The molecule has 0 fully saturated rings. The minimum Gasteiger partial charge on any atom is -0.345 e. The Balaban J connectivity index is 1.74. The molecule has 0 spiro atoms. The van der Waals surface area contributed by atoms with Crippen molar-refractivity contribution >= 4 is 23.3 Å². The second-order valence-corrected chi connectivity index (χ2v) is 7.71. The average Bonchev–Trinajstić information content (AvgIpc) is 3.13. The summed E-state index contributed by atoms with van der Waals surface area (Å²) in [5.41, 5.74) is 4.38. The Bertz CT molecular complexity index is 951. The Hall–Kier alpha value is -2.72. The van der Waals surface area contributed by atoms with Crippen LogP contribution in [0.4, 0.5) is 10.5 Å². The summed E-state index contributed by atoms with van der Waals surface area (Å²) in [6.07, 6.45) is 4.07. The van der Waals surface area contributed by atoms with E-state index in [2.05, 4.69) is 60.3 Å².